The van der Waals surface area contributed by atoms with Crippen LogP contribution in [0.3, 0.4) is 0 Å². The Morgan fingerprint density at radius 1 is 1.09 bits per heavy atom. The average molecular weight is 306 g/mol. The molecular weight excluding hydrogens is 294 g/mol. The van der Waals surface area contributed by atoms with E-state index in [1.165, 1.54) is 6.07 Å². The standard InChI is InChI=1S/C15H12F2N2O3/c16-10-2-1-3-11(17)15(10)19-14(20)7-18-9-4-5-12-13(6-9)22-8-21-12/h1-6,18H,7-8H2,(H,19,20). The van der Waals surface area contributed by atoms with Gasteiger partial charge in [0.15, 0.2) is 11.5 Å². The van der Waals surface area contributed by atoms with Crippen molar-refractivity contribution in [2.75, 3.05) is 24.0 Å². The molecule has 2 aromatic carbocycles. The highest BCUT2D eigenvalue weighted by molar-refractivity contribution is 5.94. The summed E-state index contributed by atoms with van der Waals surface area (Å²) in [4.78, 5) is 11.8. The summed E-state index contributed by atoms with van der Waals surface area (Å²) < 4.78 is 37.2. The predicted octanol–water partition coefficient (Wildman–Crippen LogP) is 2.74. The van der Waals surface area contributed by atoms with Gasteiger partial charge in [-0.25, -0.2) is 8.78 Å². The Bertz CT molecular complexity index is 702. The number of anilines is 2. The number of benzene rings is 2. The molecule has 0 aromatic heterocycles. The second-order valence-electron chi connectivity index (χ2n) is 4.57. The van der Waals surface area contributed by atoms with E-state index in [1.807, 2.05) is 0 Å². The third kappa shape index (κ3) is 2.93. The summed E-state index contributed by atoms with van der Waals surface area (Å²) in [5, 5.41) is 5.03. The van der Waals surface area contributed by atoms with Gasteiger partial charge in [0.05, 0.1) is 6.54 Å². The summed E-state index contributed by atoms with van der Waals surface area (Å²) in [5.74, 6) is -1.01. The molecule has 0 atom stereocenters. The Kier molecular flexibility index (Phi) is 3.78. The van der Waals surface area contributed by atoms with Crippen molar-refractivity contribution in [1.29, 1.82) is 0 Å². The average Bonchev–Trinajstić information content (AvgIpc) is 2.96. The first kappa shape index (κ1) is 14.1. The molecule has 3 rings (SSSR count). The number of carbonyl (C=O) groups excluding carboxylic acids is 1. The molecule has 114 valence electrons. The molecule has 0 saturated heterocycles. The van der Waals surface area contributed by atoms with E-state index in [-0.39, 0.29) is 13.3 Å². The van der Waals surface area contributed by atoms with Gasteiger partial charge in [-0.15, -0.1) is 0 Å². The molecule has 0 bridgehead atoms. The lowest BCUT2D eigenvalue weighted by molar-refractivity contribution is -0.114. The van der Waals surface area contributed by atoms with Crippen LogP contribution in [0.15, 0.2) is 36.4 Å². The molecule has 22 heavy (non-hydrogen) atoms. The molecule has 0 aliphatic carbocycles. The summed E-state index contributed by atoms with van der Waals surface area (Å²) in [6.45, 7) is 0.0131. The monoisotopic (exact) mass is 306 g/mol. The molecule has 1 aliphatic heterocycles. The lowest BCUT2D eigenvalue weighted by atomic mass is 10.2. The fourth-order valence-electron chi connectivity index (χ4n) is 1.99. The van der Waals surface area contributed by atoms with Gasteiger partial charge in [0.25, 0.3) is 0 Å². The maximum atomic E-state index is 13.4. The minimum Gasteiger partial charge on any atom is -0.454 e. The van der Waals surface area contributed by atoms with Gasteiger partial charge in [-0.2, -0.15) is 0 Å². The van der Waals surface area contributed by atoms with E-state index in [2.05, 4.69) is 10.6 Å². The molecule has 0 unspecified atom stereocenters. The molecule has 0 spiro atoms. The van der Waals surface area contributed by atoms with Crippen LogP contribution in [0.4, 0.5) is 20.2 Å². The molecular formula is C15H12F2N2O3. The Hall–Kier alpha value is -2.83. The zero-order chi connectivity index (χ0) is 15.5. The zero-order valence-corrected chi connectivity index (χ0v) is 11.4. The highest BCUT2D eigenvalue weighted by Crippen LogP contribution is 2.34. The van der Waals surface area contributed by atoms with Crippen LogP contribution in [0.25, 0.3) is 0 Å². The lowest BCUT2D eigenvalue weighted by Crippen LogP contribution is -2.22. The van der Waals surface area contributed by atoms with Crippen molar-refractivity contribution in [1.82, 2.24) is 0 Å². The van der Waals surface area contributed by atoms with Crippen molar-refractivity contribution in [3.05, 3.63) is 48.0 Å². The van der Waals surface area contributed by atoms with Crippen LogP contribution in [0.2, 0.25) is 0 Å². The molecule has 2 aromatic rings. The van der Waals surface area contributed by atoms with Crippen molar-refractivity contribution in [3.8, 4) is 11.5 Å². The third-order valence-electron chi connectivity index (χ3n) is 3.05. The Balaban J connectivity index is 1.61. The van der Waals surface area contributed by atoms with E-state index in [9.17, 15) is 13.6 Å². The summed E-state index contributed by atoms with van der Waals surface area (Å²) in [7, 11) is 0. The fraction of sp³-hybridized carbons (Fsp3) is 0.133. The van der Waals surface area contributed by atoms with E-state index >= 15 is 0 Å². The van der Waals surface area contributed by atoms with Crippen molar-refractivity contribution in [2.45, 2.75) is 0 Å². The summed E-state index contributed by atoms with van der Waals surface area (Å²) >= 11 is 0. The Morgan fingerprint density at radius 3 is 2.59 bits per heavy atom. The number of ether oxygens (including phenoxy) is 2. The van der Waals surface area contributed by atoms with Gasteiger partial charge in [0.1, 0.15) is 17.3 Å². The zero-order valence-electron chi connectivity index (χ0n) is 11.4. The van der Waals surface area contributed by atoms with Crippen LogP contribution < -0.4 is 20.1 Å². The smallest absolute Gasteiger partial charge is 0.243 e. The predicted molar refractivity (Wildman–Crippen MR) is 76.0 cm³/mol. The first-order chi connectivity index (χ1) is 10.6. The Morgan fingerprint density at radius 2 is 1.82 bits per heavy atom. The number of amides is 1. The van der Waals surface area contributed by atoms with Gasteiger partial charge < -0.3 is 20.1 Å². The van der Waals surface area contributed by atoms with Gasteiger partial charge in [0, 0.05) is 11.8 Å². The largest absolute Gasteiger partial charge is 0.454 e. The quantitative estimate of drug-likeness (QED) is 0.912. The lowest BCUT2D eigenvalue weighted by Gasteiger charge is -2.09. The Labute approximate surface area is 124 Å². The minimum absolute atomic E-state index is 0.145. The van der Waals surface area contributed by atoms with E-state index in [4.69, 9.17) is 9.47 Å². The second-order valence-corrected chi connectivity index (χ2v) is 4.57. The first-order valence-corrected chi connectivity index (χ1v) is 6.51. The summed E-state index contributed by atoms with van der Waals surface area (Å²) in [5.41, 5.74) is 0.174. The van der Waals surface area contributed by atoms with Gasteiger partial charge in [-0.1, -0.05) is 6.07 Å². The fourth-order valence-corrected chi connectivity index (χ4v) is 1.99. The van der Waals surface area contributed by atoms with Gasteiger partial charge in [0.2, 0.25) is 12.7 Å². The summed E-state index contributed by atoms with van der Waals surface area (Å²) in [6.07, 6.45) is 0. The van der Waals surface area contributed by atoms with Gasteiger partial charge >= 0.3 is 0 Å². The van der Waals surface area contributed by atoms with Crippen molar-refractivity contribution < 1.29 is 23.0 Å². The number of para-hydroxylation sites is 1. The van der Waals surface area contributed by atoms with E-state index in [0.717, 1.165) is 12.1 Å². The molecule has 0 radical (unpaired) electrons. The van der Waals surface area contributed by atoms with Gasteiger partial charge in [-0.05, 0) is 24.3 Å². The van der Waals surface area contributed by atoms with Crippen LogP contribution in [0.1, 0.15) is 0 Å². The van der Waals surface area contributed by atoms with E-state index in [1.54, 1.807) is 18.2 Å². The number of nitrogens with one attached hydrogen (secondary N) is 2. The van der Waals surface area contributed by atoms with Crippen LogP contribution in [-0.2, 0) is 4.79 Å². The maximum absolute atomic E-state index is 13.4. The molecule has 1 aliphatic rings. The molecule has 7 heteroatoms. The van der Waals surface area contributed by atoms with Crippen LogP contribution >= 0.6 is 0 Å². The maximum Gasteiger partial charge on any atom is 0.243 e. The van der Waals surface area contributed by atoms with E-state index < -0.39 is 23.2 Å². The van der Waals surface area contributed by atoms with Crippen LogP contribution in [0, 0.1) is 11.6 Å². The van der Waals surface area contributed by atoms with Crippen molar-refractivity contribution >= 4 is 17.3 Å². The number of rotatable bonds is 4. The summed E-state index contributed by atoms with van der Waals surface area (Å²) in [6, 6.07) is 8.47. The normalized spacial score (nSPS) is 12.1. The van der Waals surface area contributed by atoms with Crippen LogP contribution in [-0.4, -0.2) is 19.2 Å². The highest BCUT2D eigenvalue weighted by Gasteiger charge is 2.14. The van der Waals surface area contributed by atoms with E-state index in [0.29, 0.717) is 17.2 Å². The van der Waals surface area contributed by atoms with Crippen LogP contribution in [0.5, 0.6) is 11.5 Å². The SMILES string of the molecule is O=C(CNc1ccc2c(c1)OCO2)Nc1c(F)cccc1F. The third-order valence-corrected chi connectivity index (χ3v) is 3.05. The highest BCUT2D eigenvalue weighted by atomic mass is 19.1. The van der Waals surface area contributed by atoms with Crippen molar-refractivity contribution in [3.63, 3.8) is 0 Å². The number of fused-ring (bicyclic) bond motifs is 1. The van der Waals surface area contributed by atoms with Gasteiger partial charge in [-0.3, -0.25) is 4.79 Å². The molecule has 5 nitrogen and oxygen atoms in total. The minimum atomic E-state index is -0.823. The molecule has 1 heterocycles. The molecule has 0 saturated carbocycles. The number of carbonyl (C=O) groups is 1. The number of hydrogen-bond donors (Lipinski definition) is 2. The van der Waals surface area contributed by atoms with Crippen molar-refractivity contribution in [2.24, 2.45) is 0 Å². The molecule has 1 amide bonds. The topological polar surface area (TPSA) is 59.6 Å². The molecule has 2 N–H and O–H groups in total. The number of hydrogen-bond acceptors (Lipinski definition) is 4. The first-order valence-electron chi connectivity index (χ1n) is 6.51. The second kappa shape index (κ2) is 5.88. The molecule has 0 fully saturated rings. The number of halogens is 2.